The lowest BCUT2D eigenvalue weighted by Gasteiger charge is -2.52. The maximum absolute atomic E-state index is 5.92. The second-order valence-corrected chi connectivity index (χ2v) is 10.2. The zero-order chi connectivity index (χ0) is 20.5. The zero-order valence-electron chi connectivity index (χ0n) is 19.8. The highest BCUT2D eigenvalue weighted by molar-refractivity contribution is 4.97. The first kappa shape index (κ1) is 23.5. The highest BCUT2D eigenvalue weighted by Gasteiger charge is 2.45. The van der Waals surface area contributed by atoms with Gasteiger partial charge < -0.3 is 9.64 Å². The van der Waals surface area contributed by atoms with Crippen LogP contribution in [0.4, 0.5) is 0 Å². The summed E-state index contributed by atoms with van der Waals surface area (Å²) in [7, 11) is 0. The number of piperazine rings is 1. The van der Waals surface area contributed by atoms with E-state index in [0.29, 0.717) is 5.41 Å². The van der Waals surface area contributed by atoms with Crippen LogP contribution < -0.4 is 0 Å². The van der Waals surface area contributed by atoms with E-state index in [1.807, 2.05) is 0 Å². The molecular formula is C25H49N3O. The minimum atomic E-state index is 0.689. The minimum absolute atomic E-state index is 0.689. The van der Waals surface area contributed by atoms with Crippen molar-refractivity contribution in [1.29, 1.82) is 0 Å². The Morgan fingerprint density at radius 2 is 1.45 bits per heavy atom. The first-order valence-electron chi connectivity index (χ1n) is 12.9. The first-order chi connectivity index (χ1) is 14.2. The Labute approximate surface area is 181 Å². The summed E-state index contributed by atoms with van der Waals surface area (Å²) >= 11 is 0. The molecule has 1 saturated carbocycles. The van der Waals surface area contributed by atoms with Crippen molar-refractivity contribution in [3.8, 4) is 0 Å². The number of piperidine rings is 1. The Hall–Kier alpha value is -0.160. The average Bonchev–Trinajstić information content (AvgIpc) is 2.73. The molecule has 2 heterocycles. The van der Waals surface area contributed by atoms with Crippen molar-refractivity contribution < 1.29 is 4.74 Å². The summed E-state index contributed by atoms with van der Waals surface area (Å²) in [5.74, 6) is 0.856. The lowest BCUT2D eigenvalue weighted by Crippen LogP contribution is -2.52. The first-order valence-corrected chi connectivity index (χ1v) is 12.9. The van der Waals surface area contributed by atoms with E-state index in [1.165, 1.54) is 110 Å². The van der Waals surface area contributed by atoms with E-state index >= 15 is 0 Å². The van der Waals surface area contributed by atoms with E-state index in [0.717, 1.165) is 25.2 Å². The number of hydrogen-bond donors (Lipinski definition) is 0. The second kappa shape index (κ2) is 12.0. The molecule has 4 heteroatoms. The number of nitrogens with zero attached hydrogens (tertiary/aromatic N) is 3. The van der Waals surface area contributed by atoms with E-state index in [2.05, 4.69) is 35.5 Å². The molecule has 1 spiro atoms. The van der Waals surface area contributed by atoms with Gasteiger partial charge in [0.25, 0.3) is 0 Å². The number of ether oxygens (including phenoxy) is 1. The van der Waals surface area contributed by atoms with Crippen LogP contribution in [0.5, 0.6) is 0 Å². The molecular weight excluding hydrogens is 358 g/mol. The standard InChI is InChI=1S/C25H49N3O/c1-4-7-8-19-29-22-23-20-25(21-23)9-11-26(12-10-25)13-14-27-15-17-28(18-16-27)24(5-2)6-3/h23-24H,4-22H2,1-3H3. The van der Waals surface area contributed by atoms with Gasteiger partial charge in [0, 0.05) is 58.5 Å². The third-order valence-electron chi connectivity index (χ3n) is 8.20. The molecule has 0 radical (unpaired) electrons. The molecule has 2 saturated heterocycles. The van der Waals surface area contributed by atoms with Crippen LogP contribution in [0, 0.1) is 11.3 Å². The van der Waals surface area contributed by atoms with Gasteiger partial charge in [0.15, 0.2) is 0 Å². The molecule has 0 aromatic rings. The minimum Gasteiger partial charge on any atom is -0.381 e. The van der Waals surface area contributed by atoms with Gasteiger partial charge in [0.1, 0.15) is 0 Å². The van der Waals surface area contributed by atoms with E-state index in [-0.39, 0.29) is 0 Å². The van der Waals surface area contributed by atoms with Crippen LogP contribution in [0.2, 0.25) is 0 Å². The highest BCUT2D eigenvalue weighted by Crippen LogP contribution is 2.52. The lowest BCUT2D eigenvalue weighted by atomic mass is 9.58. The van der Waals surface area contributed by atoms with Gasteiger partial charge in [0.2, 0.25) is 0 Å². The van der Waals surface area contributed by atoms with Crippen LogP contribution in [-0.2, 0) is 4.74 Å². The molecule has 0 N–H and O–H groups in total. The SMILES string of the molecule is CCCCCOCC1CC2(CCN(CCN3CCN(C(CC)CC)CC3)CC2)C1. The van der Waals surface area contributed by atoms with E-state index in [9.17, 15) is 0 Å². The quantitative estimate of drug-likeness (QED) is 0.444. The zero-order valence-corrected chi connectivity index (χ0v) is 19.8. The number of hydrogen-bond acceptors (Lipinski definition) is 4. The van der Waals surface area contributed by atoms with E-state index in [4.69, 9.17) is 4.74 Å². The summed E-state index contributed by atoms with van der Waals surface area (Å²) < 4.78 is 5.92. The van der Waals surface area contributed by atoms with Crippen LogP contribution in [-0.4, -0.2) is 86.3 Å². The van der Waals surface area contributed by atoms with Crippen LogP contribution in [0.1, 0.15) is 78.6 Å². The molecule has 0 aromatic heterocycles. The average molecular weight is 408 g/mol. The monoisotopic (exact) mass is 407 g/mol. The Bertz CT molecular complexity index is 429. The lowest BCUT2D eigenvalue weighted by molar-refractivity contribution is -0.0512. The summed E-state index contributed by atoms with van der Waals surface area (Å²) in [6.07, 6.45) is 12.2. The number of likely N-dealkylation sites (tertiary alicyclic amines) is 1. The summed E-state index contributed by atoms with van der Waals surface area (Å²) in [5, 5.41) is 0. The van der Waals surface area contributed by atoms with E-state index < -0.39 is 0 Å². The fourth-order valence-electron chi connectivity index (χ4n) is 6.09. The van der Waals surface area contributed by atoms with Crippen molar-refractivity contribution in [2.45, 2.75) is 84.6 Å². The van der Waals surface area contributed by atoms with Crippen LogP contribution in [0.15, 0.2) is 0 Å². The van der Waals surface area contributed by atoms with Crippen LogP contribution >= 0.6 is 0 Å². The van der Waals surface area contributed by atoms with Crippen molar-refractivity contribution in [3.05, 3.63) is 0 Å². The summed E-state index contributed by atoms with van der Waals surface area (Å²) in [4.78, 5) is 8.17. The van der Waals surface area contributed by atoms with Gasteiger partial charge in [-0.05, 0) is 69.4 Å². The molecule has 1 aliphatic carbocycles. The van der Waals surface area contributed by atoms with Gasteiger partial charge in [-0.3, -0.25) is 9.80 Å². The molecule has 29 heavy (non-hydrogen) atoms. The Kier molecular flexibility index (Phi) is 9.74. The van der Waals surface area contributed by atoms with Crippen molar-refractivity contribution in [1.82, 2.24) is 14.7 Å². The fourth-order valence-corrected chi connectivity index (χ4v) is 6.09. The normalized spacial score (nSPS) is 24.4. The Balaban J connectivity index is 1.23. The largest absolute Gasteiger partial charge is 0.381 e. The second-order valence-electron chi connectivity index (χ2n) is 10.2. The number of rotatable bonds is 12. The summed E-state index contributed by atoms with van der Waals surface area (Å²) in [5.41, 5.74) is 0.689. The van der Waals surface area contributed by atoms with Crippen molar-refractivity contribution in [2.24, 2.45) is 11.3 Å². The molecule has 4 nitrogen and oxygen atoms in total. The molecule has 0 amide bonds. The van der Waals surface area contributed by atoms with Crippen molar-refractivity contribution in [2.75, 3.05) is 65.6 Å². The molecule has 0 aromatic carbocycles. The van der Waals surface area contributed by atoms with Gasteiger partial charge in [0.05, 0.1) is 0 Å². The van der Waals surface area contributed by atoms with Crippen molar-refractivity contribution >= 4 is 0 Å². The predicted octanol–water partition coefficient (Wildman–Crippen LogP) is 4.49. The van der Waals surface area contributed by atoms with E-state index in [1.54, 1.807) is 0 Å². The maximum Gasteiger partial charge on any atom is 0.0494 e. The maximum atomic E-state index is 5.92. The third kappa shape index (κ3) is 6.92. The molecule has 0 atom stereocenters. The Morgan fingerprint density at radius 3 is 2.03 bits per heavy atom. The van der Waals surface area contributed by atoms with Crippen molar-refractivity contribution in [3.63, 3.8) is 0 Å². The molecule has 2 aliphatic heterocycles. The molecule has 170 valence electrons. The van der Waals surface area contributed by atoms with Gasteiger partial charge in [-0.25, -0.2) is 0 Å². The molecule has 0 unspecified atom stereocenters. The van der Waals surface area contributed by atoms with Gasteiger partial charge in [-0.15, -0.1) is 0 Å². The summed E-state index contributed by atoms with van der Waals surface area (Å²) in [6.45, 7) is 19.3. The molecule has 0 bridgehead atoms. The molecule has 3 aliphatic rings. The van der Waals surface area contributed by atoms with Gasteiger partial charge in [-0.2, -0.15) is 0 Å². The van der Waals surface area contributed by atoms with Gasteiger partial charge >= 0.3 is 0 Å². The summed E-state index contributed by atoms with van der Waals surface area (Å²) in [6, 6.07) is 0.809. The number of unbranched alkanes of at least 4 members (excludes halogenated alkanes) is 2. The molecule has 3 rings (SSSR count). The predicted molar refractivity (Wildman–Crippen MR) is 124 cm³/mol. The smallest absolute Gasteiger partial charge is 0.0494 e. The van der Waals surface area contributed by atoms with Crippen LogP contribution in [0.3, 0.4) is 0 Å². The Morgan fingerprint density at radius 1 is 0.828 bits per heavy atom. The highest BCUT2D eigenvalue weighted by atomic mass is 16.5. The topological polar surface area (TPSA) is 19.0 Å². The third-order valence-corrected chi connectivity index (χ3v) is 8.20. The van der Waals surface area contributed by atoms with Gasteiger partial charge in [-0.1, -0.05) is 33.6 Å². The van der Waals surface area contributed by atoms with Crippen LogP contribution in [0.25, 0.3) is 0 Å². The fraction of sp³-hybridized carbons (Fsp3) is 1.00. The molecule has 3 fully saturated rings.